The van der Waals surface area contributed by atoms with Crippen LogP contribution in [0, 0.1) is 0 Å². The number of hydrogen-bond acceptors (Lipinski definition) is 6. The van der Waals surface area contributed by atoms with Crippen LogP contribution in [0.2, 0.25) is 0 Å². The second kappa shape index (κ2) is 10.4. The lowest BCUT2D eigenvalue weighted by molar-refractivity contribution is -0.153. The third-order valence-electron chi connectivity index (χ3n) is 4.20. The Kier molecular flexibility index (Phi) is 8.15. The third-order valence-corrected chi connectivity index (χ3v) is 5.13. The van der Waals surface area contributed by atoms with Crippen LogP contribution in [0.1, 0.15) is 56.7 Å². The van der Waals surface area contributed by atoms with Gasteiger partial charge in [0, 0.05) is 23.5 Å². The zero-order chi connectivity index (χ0) is 18.1. The van der Waals surface area contributed by atoms with Crippen LogP contribution in [-0.4, -0.2) is 29.4 Å². The molecule has 0 radical (unpaired) electrons. The molecule has 138 valence electrons. The Balaban J connectivity index is 1.61. The van der Waals surface area contributed by atoms with Crippen LogP contribution in [0.15, 0.2) is 29.2 Å². The Morgan fingerprint density at radius 2 is 2.00 bits per heavy atom. The van der Waals surface area contributed by atoms with Crippen LogP contribution in [0.25, 0.3) is 0 Å². The minimum Gasteiger partial charge on any atom is -0.458 e. The first-order valence-electron chi connectivity index (χ1n) is 8.86. The van der Waals surface area contributed by atoms with E-state index in [0.717, 1.165) is 25.7 Å². The van der Waals surface area contributed by atoms with Crippen molar-refractivity contribution < 1.29 is 24.2 Å². The second-order valence-electron chi connectivity index (χ2n) is 6.27. The summed E-state index contributed by atoms with van der Waals surface area (Å²) in [6.07, 6.45) is 7.77. The number of carbonyl (C=O) groups excluding carboxylic acids is 2. The molecule has 5 nitrogen and oxygen atoms in total. The molecule has 2 heterocycles. The van der Waals surface area contributed by atoms with Gasteiger partial charge in [0.1, 0.15) is 6.10 Å². The van der Waals surface area contributed by atoms with Gasteiger partial charge in [0.05, 0.1) is 0 Å². The lowest BCUT2D eigenvalue weighted by atomic mass is 10.0. The summed E-state index contributed by atoms with van der Waals surface area (Å²) >= 11 is 1.81. The van der Waals surface area contributed by atoms with Crippen molar-refractivity contribution in [2.24, 2.45) is 0 Å². The number of carbonyl (C=O) groups is 2. The maximum Gasteiger partial charge on any atom is 0.333 e. The van der Waals surface area contributed by atoms with Crippen LogP contribution >= 0.6 is 11.3 Å². The molecule has 0 amide bonds. The van der Waals surface area contributed by atoms with Gasteiger partial charge in [-0.2, -0.15) is 0 Å². The van der Waals surface area contributed by atoms with Crippen LogP contribution < -0.4 is 0 Å². The van der Waals surface area contributed by atoms with E-state index < -0.39 is 24.3 Å². The van der Waals surface area contributed by atoms with E-state index in [-0.39, 0.29) is 0 Å². The van der Waals surface area contributed by atoms with Crippen LogP contribution in [0.3, 0.4) is 0 Å². The highest BCUT2D eigenvalue weighted by atomic mass is 32.1. The summed E-state index contributed by atoms with van der Waals surface area (Å²) in [5.41, 5.74) is 0.344. The molecule has 0 spiro atoms. The molecule has 0 saturated heterocycles. The van der Waals surface area contributed by atoms with E-state index in [1.807, 2.05) is 11.3 Å². The van der Waals surface area contributed by atoms with Gasteiger partial charge in [-0.05, 0) is 37.1 Å². The van der Waals surface area contributed by atoms with Gasteiger partial charge in [-0.25, -0.2) is 4.79 Å². The molecule has 2 rings (SSSR count). The third kappa shape index (κ3) is 7.00. The summed E-state index contributed by atoms with van der Waals surface area (Å²) < 4.78 is 9.91. The number of thiophene rings is 1. The van der Waals surface area contributed by atoms with Crippen molar-refractivity contribution in [3.63, 3.8) is 0 Å². The highest BCUT2D eigenvalue weighted by Gasteiger charge is 2.31. The van der Waals surface area contributed by atoms with Crippen LogP contribution in [0.5, 0.6) is 0 Å². The summed E-state index contributed by atoms with van der Waals surface area (Å²) in [6, 6.07) is 4.27. The Bertz CT molecular complexity index is 579. The predicted octanol–water partition coefficient (Wildman–Crippen LogP) is 3.75. The van der Waals surface area contributed by atoms with Crippen molar-refractivity contribution in [1.82, 2.24) is 0 Å². The van der Waals surface area contributed by atoms with Gasteiger partial charge in [0.2, 0.25) is 6.29 Å². The molecule has 0 aliphatic carbocycles. The van der Waals surface area contributed by atoms with Crippen molar-refractivity contribution in [1.29, 1.82) is 0 Å². The van der Waals surface area contributed by atoms with Crippen molar-refractivity contribution >= 4 is 23.3 Å². The standard InChI is InChI=1S/C19H26O5S/c1-14(20)23-17(16-13-18(21)24-19(16)22)11-7-5-3-2-4-6-9-15-10-8-12-25-15/h8,10,12-13,17,19,22H,2-7,9,11H2,1H3. The van der Waals surface area contributed by atoms with Gasteiger partial charge >= 0.3 is 11.9 Å². The van der Waals surface area contributed by atoms with E-state index in [4.69, 9.17) is 4.74 Å². The van der Waals surface area contributed by atoms with Crippen molar-refractivity contribution in [2.45, 2.75) is 70.7 Å². The first kappa shape index (κ1) is 19.7. The van der Waals surface area contributed by atoms with Crippen LogP contribution in [-0.2, 0) is 25.5 Å². The maximum absolute atomic E-state index is 11.2. The minimum absolute atomic E-state index is 0.344. The number of hydrogen-bond donors (Lipinski definition) is 1. The SMILES string of the molecule is CC(=O)OC(CCCCCCCCc1cccs1)C1=CC(=O)OC1O. The summed E-state index contributed by atoms with van der Waals surface area (Å²) in [6.45, 7) is 1.32. The van der Waals surface area contributed by atoms with Crippen molar-refractivity contribution in [3.05, 3.63) is 34.0 Å². The molecule has 0 bridgehead atoms. The van der Waals surface area contributed by atoms with Gasteiger partial charge < -0.3 is 14.6 Å². The minimum atomic E-state index is -1.30. The van der Waals surface area contributed by atoms with Gasteiger partial charge in [-0.3, -0.25) is 4.79 Å². The number of aliphatic hydroxyl groups is 1. The van der Waals surface area contributed by atoms with Gasteiger partial charge in [-0.1, -0.05) is 31.7 Å². The summed E-state index contributed by atoms with van der Waals surface area (Å²) in [5.74, 6) is -1.02. The molecule has 1 aliphatic heterocycles. The van der Waals surface area contributed by atoms with E-state index in [1.165, 1.54) is 37.1 Å². The number of ether oxygens (including phenoxy) is 2. The number of esters is 2. The number of unbranched alkanes of at least 4 members (excludes halogenated alkanes) is 5. The fraction of sp³-hybridized carbons (Fsp3) is 0.579. The number of cyclic esters (lactones) is 1. The Morgan fingerprint density at radius 3 is 2.60 bits per heavy atom. The monoisotopic (exact) mass is 366 g/mol. The largest absolute Gasteiger partial charge is 0.458 e. The number of rotatable bonds is 11. The zero-order valence-corrected chi connectivity index (χ0v) is 15.4. The van der Waals surface area contributed by atoms with E-state index in [1.54, 1.807) is 0 Å². The smallest absolute Gasteiger partial charge is 0.333 e. The van der Waals surface area contributed by atoms with Crippen molar-refractivity contribution in [2.75, 3.05) is 0 Å². The molecule has 0 saturated carbocycles. The van der Waals surface area contributed by atoms with E-state index in [2.05, 4.69) is 22.2 Å². The molecule has 1 N–H and O–H groups in total. The lowest BCUT2D eigenvalue weighted by Gasteiger charge is -2.19. The molecule has 2 atom stereocenters. The van der Waals surface area contributed by atoms with Gasteiger partial charge in [0.15, 0.2) is 0 Å². The molecule has 1 aromatic rings. The summed E-state index contributed by atoms with van der Waals surface area (Å²) in [7, 11) is 0. The Morgan fingerprint density at radius 1 is 1.28 bits per heavy atom. The van der Waals surface area contributed by atoms with E-state index >= 15 is 0 Å². The fourth-order valence-electron chi connectivity index (χ4n) is 2.96. The quantitative estimate of drug-likeness (QED) is 0.477. The normalized spacial score (nSPS) is 17.9. The second-order valence-corrected chi connectivity index (χ2v) is 7.30. The number of aliphatic hydroxyl groups excluding tert-OH is 1. The van der Waals surface area contributed by atoms with Crippen molar-refractivity contribution in [3.8, 4) is 0 Å². The van der Waals surface area contributed by atoms with Gasteiger partial charge in [-0.15, -0.1) is 11.3 Å². The van der Waals surface area contributed by atoms with Crippen LogP contribution in [0.4, 0.5) is 0 Å². The molecule has 0 fully saturated rings. The molecule has 6 heteroatoms. The Hall–Kier alpha value is -1.66. The fourth-order valence-corrected chi connectivity index (χ4v) is 3.71. The molecule has 1 aliphatic rings. The highest BCUT2D eigenvalue weighted by molar-refractivity contribution is 7.09. The molecular formula is C19H26O5S. The summed E-state index contributed by atoms with van der Waals surface area (Å²) in [4.78, 5) is 23.9. The average molecular weight is 366 g/mol. The maximum atomic E-state index is 11.2. The molecular weight excluding hydrogens is 340 g/mol. The average Bonchev–Trinajstić information content (AvgIpc) is 3.17. The summed E-state index contributed by atoms with van der Waals surface area (Å²) in [5, 5.41) is 11.8. The Labute approximate surface area is 152 Å². The predicted molar refractivity (Wildman–Crippen MR) is 96.1 cm³/mol. The topological polar surface area (TPSA) is 72.8 Å². The zero-order valence-electron chi connectivity index (χ0n) is 14.6. The molecule has 25 heavy (non-hydrogen) atoms. The van der Waals surface area contributed by atoms with Gasteiger partial charge in [0.25, 0.3) is 0 Å². The van der Waals surface area contributed by atoms with E-state index in [0.29, 0.717) is 12.0 Å². The lowest BCUT2D eigenvalue weighted by Crippen LogP contribution is -2.25. The first-order valence-corrected chi connectivity index (χ1v) is 9.74. The molecule has 0 aromatic carbocycles. The molecule has 2 unspecified atom stereocenters. The first-order chi connectivity index (χ1) is 12.1. The van der Waals surface area contributed by atoms with E-state index in [9.17, 15) is 14.7 Å². The highest BCUT2D eigenvalue weighted by Crippen LogP contribution is 2.24. The molecule has 1 aromatic heterocycles. The number of aryl methyl sites for hydroxylation is 1.